The van der Waals surface area contributed by atoms with Crippen LogP contribution in [0, 0.1) is 11.6 Å². The van der Waals surface area contributed by atoms with Gasteiger partial charge in [-0.05, 0) is 59.7 Å². The fourth-order valence-electron chi connectivity index (χ4n) is 3.85. The number of carbonyl (C=O) groups is 1. The third-order valence-electron chi connectivity index (χ3n) is 5.71. The fraction of sp³-hybridized carbons (Fsp3) is 0.261. The summed E-state index contributed by atoms with van der Waals surface area (Å²) < 4.78 is 54.0. The second-order valence-electron chi connectivity index (χ2n) is 7.84. The molecule has 0 unspecified atom stereocenters. The number of nitrogens with one attached hydrogen (secondary N) is 1. The lowest BCUT2D eigenvalue weighted by molar-refractivity contribution is 0.174. The third kappa shape index (κ3) is 5.23. The van der Waals surface area contributed by atoms with Gasteiger partial charge in [0.25, 0.3) is 10.0 Å². The van der Waals surface area contributed by atoms with E-state index in [9.17, 15) is 22.0 Å². The number of piperidine rings is 1. The SMILES string of the molecule is CN(C(=O)Nc1ccc(-c2cc(F)cc(F)c2)cc1)C1CCN(S(=O)(=O)c2cccs2)CC1. The molecule has 1 aromatic heterocycles. The molecule has 10 heteroatoms. The maximum Gasteiger partial charge on any atom is 0.321 e. The van der Waals surface area contributed by atoms with Gasteiger partial charge in [-0.1, -0.05) is 18.2 Å². The molecule has 2 heterocycles. The molecule has 0 saturated carbocycles. The highest BCUT2D eigenvalue weighted by molar-refractivity contribution is 7.91. The minimum absolute atomic E-state index is 0.0886. The van der Waals surface area contributed by atoms with E-state index in [1.165, 1.54) is 27.8 Å². The molecular formula is C23H23F2N3O3S2. The van der Waals surface area contributed by atoms with Crippen LogP contribution >= 0.6 is 11.3 Å². The summed E-state index contributed by atoms with van der Waals surface area (Å²) >= 11 is 1.20. The Morgan fingerprint density at radius 3 is 2.24 bits per heavy atom. The monoisotopic (exact) mass is 491 g/mol. The summed E-state index contributed by atoms with van der Waals surface area (Å²) in [5, 5.41) is 4.55. The van der Waals surface area contributed by atoms with Crippen LogP contribution in [-0.2, 0) is 10.0 Å². The molecule has 2 amide bonds. The zero-order valence-corrected chi connectivity index (χ0v) is 19.5. The van der Waals surface area contributed by atoms with E-state index < -0.39 is 21.7 Å². The van der Waals surface area contributed by atoms with Crippen molar-refractivity contribution in [1.29, 1.82) is 0 Å². The Kier molecular flexibility index (Phi) is 6.78. The number of halogens is 2. The predicted octanol–water partition coefficient (Wildman–Crippen LogP) is 5.01. The first-order valence-corrected chi connectivity index (χ1v) is 12.7. The summed E-state index contributed by atoms with van der Waals surface area (Å²) in [6.07, 6.45) is 1.08. The van der Waals surface area contributed by atoms with Gasteiger partial charge in [-0.3, -0.25) is 0 Å². The van der Waals surface area contributed by atoms with Gasteiger partial charge < -0.3 is 10.2 Å². The van der Waals surface area contributed by atoms with Crippen LogP contribution in [0.3, 0.4) is 0 Å². The first-order chi connectivity index (χ1) is 15.7. The number of hydrogen-bond acceptors (Lipinski definition) is 4. The van der Waals surface area contributed by atoms with Crippen molar-refractivity contribution in [3.05, 3.63) is 71.6 Å². The molecule has 174 valence electrons. The zero-order valence-electron chi connectivity index (χ0n) is 17.9. The van der Waals surface area contributed by atoms with Crippen molar-refractivity contribution in [1.82, 2.24) is 9.21 Å². The molecule has 4 rings (SSSR count). The van der Waals surface area contributed by atoms with Crippen LogP contribution in [0.4, 0.5) is 19.3 Å². The van der Waals surface area contributed by atoms with Crippen molar-refractivity contribution in [2.45, 2.75) is 23.1 Å². The number of thiophene rings is 1. The number of hydrogen-bond donors (Lipinski definition) is 1. The maximum absolute atomic E-state index is 13.5. The average Bonchev–Trinajstić information content (AvgIpc) is 3.34. The third-order valence-corrected chi connectivity index (χ3v) is 8.98. The lowest BCUT2D eigenvalue weighted by Crippen LogP contribution is -2.48. The predicted molar refractivity (Wildman–Crippen MR) is 125 cm³/mol. The highest BCUT2D eigenvalue weighted by Crippen LogP contribution is 2.26. The lowest BCUT2D eigenvalue weighted by atomic mass is 10.0. The second-order valence-corrected chi connectivity index (χ2v) is 11.0. The van der Waals surface area contributed by atoms with Crippen LogP contribution in [0.5, 0.6) is 0 Å². The highest BCUT2D eigenvalue weighted by atomic mass is 32.2. The topological polar surface area (TPSA) is 69.7 Å². The van der Waals surface area contributed by atoms with Crippen molar-refractivity contribution >= 4 is 33.1 Å². The molecule has 2 aromatic carbocycles. The standard InChI is InChI=1S/C23H23F2N3O3S2/c1-27(21-8-10-28(11-9-21)33(30,31)22-3-2-12-32-22)23(29)26-20-6-4-16(5-7-20)17-13-18(24)15-19(25)14-17/h2-7,12-15,21H,8-11H2,1H3,(H,26,29). The Bertz CT molecular complexity index is 1200. The molecule has 1 fully saturated rings. The first-order valence-electron chi connectivity index (χ1n) is 10.4. The van der Waals surface area contributed by atoms with Crippen molar-refractivity contribution in [2.24, 2.45) is 0 Å². The van der Waals surface area contributed by atoms with Crippen LogP contribution in [0.15, 0.2) is 64.2 Å². The van der Waals surface area contributed by atoms with Crippen molar-refractivity contribution in [3.63, 3.8) is 0 Å². The summed E-state index contributed by atoms with van der Waals surface area (Å²) in [6, 6.07) is 12.9. The summed E-state index contributed by atoms with van der Waals surface area (Å²) in [7, 11) is -1.80. The maximum atomic E-state index is 13.5. The van der Waals surface area contributed by atoms with Gasteiger partial charge in [0.15, 0.2) is 0 Å². The normalized spacial score (nSPS) is 15.4. The van der Waals surface area contributed by atoms with E-state index in [4.69, 9.17) is 0 Å². The quantitative estimate of drug-likeness (QED) is 0.546. The number of sulfonamides is 1. The van der Waals surface area contributed by atoms with Crippen LogP contribution < -0.4 is 5.32 Å². The Hall–Kier alpha value is -2.82. The molecule has 0 atom stereocenters. The number of nitrogens with zero attached hydrogens (tertiary/aromatic N) is 2. The van der Waals surface area contributed by atoms with E-state index in [0.717, 1.165) is 6.07 Å². The molecule has 0 spiro atoms. The molecule has 6 nitrogen and oxygen atoms in total. The number of benzene rings is 2. The number of rotatable bonds is 5. The molecular weight excluding hydrogens is 468 g/mol. The smallest absolute Gasteiger partial charge is 0.321 e. The number of amides is 2. The second kappa shape index (κ2) is 9.58. The van der Waals surface area contributed by atoms with E-state index in [0.29, 0.717) is 47.0 Å². The first kappa shape index (κ1) is 23.3. The minimum atomic E-state index is -3.48. The number of carbonyl (C=O) groups excluding carboxylic acids is 1. The zero-order chi connectivity index (χ0) is 23.6. The fourth-order valence-corrected chi connectivity index (χ4v) is 6.47. The number of urea groups is 1. The van der Waals surface area contributed by atoms with Crippen LogP contribution in [-0.4, -0.2) is 49.8 Å². The molecule has 33 heavy (non-hydrogen) atoms. The lowest BCUT2D eigenvalue weighted by Gasteiger charge is -2.35. The highest BCUT2D eigenvalue weighted by Gasteiger charge is 2.32. The van der Waals surface area contributed by atoms with Gasteiger partial charge in [0.1, 0.15) is 15.8 Å². The van der Waals surface area contributed by atoms with Gasteiger partial charge in [0.2, 0.25) is 0 Å². The molecule has 0 radical (unpaired) electrons. The molecule has 0 bridgehead atoms. The Balaban J connectivity index is 1.34. The average molecular weight is 492 g/mol. The van der Waals surface area contributed by atoms with Gasteiger partial charge >= 0.3 is 6.03 Å². The molecule has 1 aliphatic rings. The summed E-state index contributed by atoms with van der Waals surface area (Å²) in [5.74, 6) is -1.31. The van der Waals surface area contributed by atoms with Crippen molar-refractivity contribution in [3.8, 4) is 11.1 Å². The summed E-state index contributed by atoms with van der Waals surface area (Å²) in [5.41, 5.74) is 1.58. The van der Waals surface area contributed by atoms with Crippen LogP contribution in [0.2, 0.25) is 0 Å². The molecule has 3 aromatic rings. The Morgan fingerprint density at radius 1 is 1.03 bits per heavy atom. The van der Waals surface area contributed by atoms with Crippen molar-refractivity contribution in [2.75, 3.05) is 25.5 Å². The van der Waals surface area contributed by atoms with Gasteiger partial charge in [-0.25, -0.2) is 22.0 Å². The number of anilines is 1. The van der Waals surface area contributed by atoms with Crippen LogP contribution in [0.1, 0.15) is 12.8 Å². The summed E-state index contributed by atoms with van der Waals surface area (Å²) in [6.45, 7) is 0.697. The Labute approximate surface area is 195 Å². The molecule has 0 aliphatic carbocycles. The minimum Gasteiger partial charge on any atom is -0.325 e. The van der Waals surface area contributed by atoms with E-state index >= 15 is 0 Å². The molecule has 1 N–H and O–H groups in total. The van der Waals surface area contributed by atoms with Gasteiger partial charge in [0.05, 0.1) is 0 Å². The molecule has 1 aliphatic heterocycles. The van der Waals surface area contributed by atoms with Crippen LogP contribution in [0.25, 0.3) is 11.1 Å². The van der Waals surface area contributed by atoms with E-state index in [-0.39, 0.29) is 12.1 Å². The summed E-state index contributed by atoms with van der Waals surface area (Å²) in [4.78, 5) is 14.3. The Morgan fingerprint density at radius 2 is 1.67 bits per heavy atom. The van der Waals surface area contributed by atoms with Gasteiger partial charge in [0, 0.05) is 37.9 Å². The largest absolute Gasteiger partial charge is 0.325 e. The van der Waals surface area contributed by atoms with E-state index in [1.807, 2.05) is 0 Å². The van der Waals surface area contributed by atoms with E-state index in [2.05, 4.69) is 5.32 Å². The van der Waals surface area contributed by atoms with Gasteiger partial charge in [-0.2, -0.15) is 4.31 Å². The molecule has 1 saturated heterocycles. The van der Waals surface area contributed by atoms with Crippen molar-refractivity contribution < 1.29 is 22.0 Å². The van der Waals surface area contributed by atoms with E-state index in [1.54, 1.807) is 53.7 Å². The van der Waals surface area contributed by atoms with Gasteiger partial charge in [-0.15, -0.1) is 11.3 Å².